The third kappa shape index (κ3) is 3.95. The van der Waals surface area contributed by atoms with Crippen molar-refractivity contribution in [3.63, 3.8) is 0 Å². The van der Waals surface area contributed by atoms with Crippen molar-refractivity contribution in [3.05, 3.63) is 58.1 Å². The second-order valence-electron chi connectivity index (χ2n) is 7.86. The molecule has 3 heterocycles. The number of thiazole rings is 1. The third-order valence-corrected chi connectivity index (χ3v) is 6.36. The molecule has 0 saturated heterocycles. The first kappa shape index (κ1) is 23.5. The molecule has 1 aliphatic rings. The molecule has 8 nitrogen and oxygen atoms in total. The summed E-state index contributed by atoms with van der Waals surface area (Å²) in [6, 6.07) is 6.65. The summed E-state index contributed by atoms with van der Waals surface area (Å²) in [5.74, 6) is -2.03. The summed E-state index contributed by atoms with van der Waals surface area (Å²) in [5.41, 5.74) is 1.74. The monoisotopic (exact) mass is 492 g/mol. The van der Waals surface area contributed by atoms with Crippen LogP contribution in [0.1, 0.15) is 29.2 Å². The predicted molar refractivity (Wildman–Crippen MR) is 117 cm³/mol. The fraction of sp³-hybridized carbons (Fsp3) is 0.286. The molecule has 0 spiro atoms. The zero-order chi connectivity index (χ0) is 24.9. The fourth-order valence-corrected chi connectivity index (χ4v) is 4.12. The van der Waals surface area contributed by atoms with Crippen LogP contribution < -0.4 is 11.1 Å². The molecule has 1 aromatic carbocycles. The molecule has 0 aliphatic carbocycles. The number of fused-ring (bicyclic) bond motifs is 1. The number of amidine groups is 1. The van der Waals surface area contributed by atoms with Crippen molar-refractivity contribution in [2.45, 2.75) is 31.2 Å². The summed E-state index contributed by atoms with van der Waals surface area (Å²) in [6.07, 6.45) is -4.81. The number of hydrogen-bond donors (Lipinski definition) is 2. The summed E-state index contributed by atoms with van der Waals surface area (Å²) in [5, 5.41) is 2.64. The van der Waals surface area contributed by atoms with Crippen LogP contribution in [0.15, 0.2) is 35.3 Å². The van der Waals surface area contributed by atoms with Gasteiger partial charge in [-0.2, -0.15) is 13.2 Å². The Kier molecular flexibility index (Phi) is 5.53. The Bertz CT molecular complexity index is 1380. The molecule has 176 valence electrons. The van der Waals surface area contributed by atoms with Gasteiger partial charge in [0.25, 0.3) is 11.7 Å². The van der Waals surface area contributed by atoms with Crippen LogP contribution in [-0.4, -0.2) is 40.1 Å². The van der Waals surface area contributed by atoms with Crippen LogP contribution in [0.25, 0.3) is 15.2 Å². The predicted octanol–water partition coefficient (Wildman–Crippen LogP) is 4.56. The number of alkyl halides is 3. The van der Waals surface area contributed by atoms with E-state index < -0.39 is 41.5 Å². The lowest BCUT2D eigenvalue weighted by Crippen LogP contribution is -2.60. The quantitative estimate of drug-likeness (QED) is 0.412. The van der Waals surface area contributed by atoms with Crippen molar-refractivity contribution in [2.24, 2.45) is 10.7 Å². The molecule has 2 aromatic heterocycles. The number of rotatable bonds is 3. The molecule has 2 atom stereocenters. The molecule has 3 N–H and O–H groups in total. The highest BCUT2D eigenvalue weighted by molar-refractivity contribution is 7.20. The summed E-state index contributed by atoms with van der Waals surface area (Å²) in [6.45, 7) is 8.56. The molecular formula is C21H16F4N6O2S. The number of halogens is 4. The number of amides is 1. The Labute approximate surface area is 194 Å². The number of carbonyl (C=O) groups is 1. The van der Waals surface area contributed by atoms with Gasteiger partial charge in [-0.15, -0.1) is 4.98 Å². The lowest BCUT2D eigenvalue weighted by molar-refractivity contribution is -0.249. The zero-order valence-electron chi connectivity index (χ0n) is 17.7. The highest BCUT2D eigenvalue weighted by Gasteiger charge is 2.59. The van der Waals surface area contributed by atoms with Gasteiger partial charge in [-0.3, -0.25) is 9.79 Å². The number of nitrogens with zero attached hydrogens (tertiary/aromatic N) is 4. The smallest absolute Gasteiger partial charge is 0.385 e. The molecule has 34 heavy (non-hydrogen) atoms. The van der Waals surface area contributed by atoms with Crippen LogP contribution in [0, 0.1) is 12.4 Å². The molecule has 13 heteroatoms. The van der Waals surface area contributed by atoms with Gasteiger partial charge in [0.1, 0.15) is 22.7 Å². The summed E-state index contributed by atoms with van der Waals surface area (Å²) < 4.78 is 59.8. The van der Waals surface area contributed by atoms with Crippen molar-refractivity contribution >= 4 is 44.9 Å². The van der Waals surface area contributed by atoms with Crippen LogP contribution in [0.4, 0.5) is 29.1 Å². The normalized spacial score (nSPS) is 22.8. The van der Waals surface area contributed by atoms with Crippen molar-refractivity contribution in [2.75, 3.05) is 11.9 Å². The molecule has 0 fully saturated rings. The maximum atomic E-state index is 14.7. The minimum absolute atomic E-state index is 0.0610. The molecule has 4 rings (SSSR count). The van der Waals surface area contributed by atoms with Gasteiger partial charge in [0, 0.05) is 11.3 Å². The van der Waals surface area contributed by atoms with E-state index in [1.807, 2.05) is 0 Å². The van der Waals surface area contributed by atoms with E-state index in [-0.39, 0.29) is 22.1 Å². The fourth-order valence-electron chi connectivity index (χ4n) is 3.30. The van der Waals surface area contributed by atoms with Gasteiger partial charge >= 0.3 is 6.18 Å². The van der Waals surface area contributed by atoms with Gasteiger partial charge in [-0.05, 0) is 44.2 Å². The first-order chi connectivity index (χ1) is 15.9. The molecule has 0 radical (unpaired) electrons. The van der Waals surface area contributed by atoms with Crippen LogP contribution in [-0.2, 0) is 10.3 Å². The van der Waals surface area contributed by atoms with Gasteiger partial charge in [0.05, 0.1) is 6.61 Å². The van der Waals surface area contributed by atoms with Crippen molar-refractivity contribution in [3.8, 4) is 0 Å². The van der Waals surface area contributed by atoms with E-state index in [0.29, 0.717) is 10.3 Å². The number of nitrogens with two attached hydrogens (primary N) is 1. The van der Waals surface area contributed by atoms with E-state index in [2.05, 4.69) is 25.1 Å². The maximum Gasteiger partial charge on any atom is 0.424 e. The third-order valence-electron chi connectivity index (χ3n) is 5.39. The zero-order valence-corrected chi connectivity index (χ0v) is 18.5. The van der Waals surface area contributed by atoms with E-state index in [9.17, 15) is 22.4 Å². The van der Waals surface area contributed by atoms with E-state index in [4.69, 9.17) is 17.0 Å². The lowest BCUT2D eigenvalue weighted by atomic mass is 9.89. The molecule has 1 aliphatic heterocycles. The summed E-state index contributed by atoms with van der Waals surface area (Å²) in [4.78, 5) is 28.5. The molecule has 2 unspecified atom stereocenters. The molecule has 1 amide bonds. The summed E-state index contributed by atoms with van der Waals surface area (Å²) >= 11 is 0.975. The Hall–Kier alpha value is -3.63. The van der Waals surface area contributed by atoms with E-state index in [1.54, 1.807) is 6.07 Å². The van der Waals surface area contributed by atoms with Crippen LogP contribution in [0.3, 0.4) is 0 Å². The first-order valence-corrected chi connectivity index (χ1v) is 10.5. The second kappa shape index (κ2) is 8.00. The Morgan fingerprint density at radius 3 is 2.65 bits per heavy atom. The number of aromatic nitrogens is 2. The minimum atomic E-state index is -4.81. The number of anilines is 1. The number of aliphatic imine (C=N–C) groups is 1. The number of ether oxygens (including phenoxy) is 1. The van der Waals surface area contributed by atoms with Gasteiger partial charge in [-0.1, -0.05) is 17.9 Å². The maximum absolute atomic E-state index is 14.7. The van der Waals surface area contributed by atoms with Gasteiger partial charge in [0.2, 0.25) is 10.4 Å². The number of carbonyl (C=O) groups excluding carboxylic acids is 1. The highest BCUT2D eigenvalue weighted by atomic mass is 32.1. The van der Waals surface area contributed by atoms with Gasteiger partial charge < -0.3 is 20.6 Å². The summed E-state index contributed by atoms with van der Waals surface area (Å²) in [7, 11) is 0. The van der Waals surface area contributed by atoms with Crippen LogP contribution in [0.5, 0.6) is 0 Å². The van der Waals surface area contributed by atoms with Crippen molar-refractivity contribution in [1.82, 2.24) is 9.97 Å². The topological polar surface area (TPSA) is 107 Å². The SMILES string of the molecule is [C-]#[N+]c1ccc2nc(C(=O)Nc3ccc(F)c(C4(C)COC(C)(C(F)(F)F)C(N)=N4)c3)sc2n1. The largest absolute Gasteiger partial charge is 0.424 e. The molecular weight excluding hydrogens is 476 g/mol. The van der Waals surface area contributed by atoms with E-state index >= 15 is 0 Å². The van der Waals surface area contributed by atoms with Crippen LogP contribution >= 0.6 is 11.3 Å². The Morgan fingerprint density at radius 2 is 2.00 bits per heavy atom. The van der Waals surface area contributed by atoms with Crippen molar-refractivity contribution in [1.29, 1.82) is 0 Å². The van der Waals surface area contributed by atoms with E-state index in [0.717, 1.165) is 24.3 Å². The van der Waals surface area contributed by atoms with Crippen LogP contribution in [0.2, 0.25) is 0 Å². The number of hydrogen-bond acceptors (Lipinski definition) is 7. The number of pyridine rings is 1. The minimum Gasteiger partial charge on any atom is -0.385 e. The lowest BCUT2D eigenvalue weighted by Gasteiger charge is -2.41. The molecule has 3 aromatic rings. The van der Waals surface area contributed by atoms with Gasteiger partial charge in [0.15, 0.2) is 5.01 Å². The second-order valence-corrected chi connectivity index (χ2v) is 8.84. The number of nitrogens with one attached hydrogen (secondary N) is 1. The van der Waals surface area contributed by atoms with Gasteiger partial charge in [-0.25, -0.2) is 9.37 Å². The average molecular weight is 492 g/mol. The standard InChI is InChI=1S/C21H16F4N6O2S/c1-19(9-33-20(2,18(26)31-19)21(23,24)25)11-8-10(4-5-12(11)22)28-15(32)17-29-13-6-7-14(27-3)30-16(13)34-17/h4-8H,9H2,1-2H3,(H2,26,31)(H,28,32). The average Bonchev–Trinajstić information content (AvgIpc) is 3.20. The number of benzene rings is 1. The highest BCUT2D eigenvalue weighted by Crippen LogP contribution is 2.41. The van der Waals surface area contributed by atoms with E-state index in [1.165, 1.54) is 25.1 Å². The molecule has 0 bridgehead atoms. The Balaban J connectivity index is 1.63. The van der Waals surface area contributed by atoms with Crippen molar-refractivity contribution < 1.29 is 27.1 Å². The first-order valence-electron chi connectivity index (χ1n) is 9.69. The molecule has 0 saturated carbocycles. The Morgan fingerprint density at radius 1 is 1.26 bits per heavy atom.